The van der Waals surface area contributed by atoms with E-state index in [1.165, 1.54) is 17.8 Å². The van der Waals surface area contributed by atoms with Gasteiger partial charge in [-0.25, -0.2) is 4.39 Å². The first kappa shape index (κ1) is 19.0. The quantitative estimate of drug-likeness (QED) is 0.709. The average Bonchev–Trinajstić information content (AvgIpc) is 2.56. The van der Waals surface area contributed by atoms with Crippen molar-refractivity contribution in [1.29, 1.82) is 0 Å². The molecular formula is C18H20FN3O2S. The predicted molar refractivity (Wildman–Crippen MR) is 97.7 cm³/mol. The topological polar surface area (TPSA) is 75.4 Å². The molecule has 0 bridgehead atoms. The van der Waals surface area contributed by atoms with E-state index in [0.29, 0.717) is 17.8 Å². The second kappa shape index (κ2) is 9.19. The van der Waals surface area contributed by atoms with Gasteiger partial charge in [0.25, 0.3) is 0 Å². The summed E-state index contributed by atoms with van der Waals surface area (Å²) in [6.07, 6.45) is 0. The molecule has 0 spiro atoms. The Morgan fingerprint density at radius 2 is 1.84 bits per heavy atom. The molecule has 0 radical (unpaired) electrons. The van der Waals surface area contributed by atoms with Gasteiger partial charge in [-0.2, -0.15) is 0 Å². The highest BCUT2D eigenvalue weighted by Gasteiger charge is 2.12. The van der Waals surface area contributed by atoms with Crippen LogP contribution in [0.3, 0.4) is 0 Å². The largest absolute Gasteiger partial charge is 0.369 e. The second-order valence-electron chi connectivity index (χ2n) is 5.56. The Morgan fingerprint density at radius 3 is 2.56 bits per heavy atom. The van der Waals surface area contributed by atoms with Crippen LogP contribution in [0, 0.1) is 5.82 Å². The van der Waals surface area contributed by atoms with Gasteiger partial charge in [-0.05, 0) is 25.2 Å². The number of hydrogen-bond acceptors (Lipinski definition) is 4. The van der Waals surface area contributed by atoms with E-state index in [1.807, 2.05) is 12.1 Å². The minimum absolute atomic E-state index is 0.114. The lowest BCUT2D eigenvalue weighted by molar-refractivity contribution is -0.117. The number of likely N-dealkylation sites (N-methyl/N-ethyl adjacent to an activating group) is 1. The van der Waals surface area contributed by atoms with Crippen LogP contribution < -0.4 is 11.1 Å². The molecule has 2 aromatic rings. The number of carbonyl (C=O) groups is 2. The second-order valence-corrected chi connectivity index (χ2v) is 6.58. The first-order valence-electron chi connectivity index (χ1n) is 7.67. The summed E-state index contributed by atoms with van der Waals surface area (Å²) in [6.45, 7) is 0.446. The summed E-state index contributed by atoms with van der Waals surface area (Å²) in [5, 5.41) is 2.82. The molecule has 0 aromatic heterocycles. The zero-order valence-electron chi connectivity index (χ0n) is 13.9. The molecule has 0 fully saturated rings. The summed E-state index contributed by atoms with van der Waals surface area (Å²) in [5.41, 5.74) is 6.32. The molecule has 0 heterocycles. The first-order valence-corrected chi connectivity index (χ1v) is 8.66. The molecule has 2 amide bonds. The van der Waals surface area contributed by atoms with E-state index in [0.717, 1.165) is 4.90 Å². The van der Waals surface area contributed by atoms with Crippen molar-refractivity contribution in [3.8, 4) is 0 Å². The van der Waals surface area contributed by atoms with Crippen molar-refractivity contribution in [3.63, 3.8) is 0 Å². The fourth-order valence-corrected chi connectivity index (χ4v) is 3.00. The number of primary amides is 1. The van der Waals surface area contributed by atoms with Gasteiger partial charge in [0.15, 0.2) is 0 Å². The Bertz CT molecular complexity index is 755. The maximum atomic E-state index is 13.7. The van der Waals surface area contributed by atoms with Gasteiger partial charge in [0.1, 0.15) is 5.82 Å². The Labute approximate surface area is 150 Å². The van der Waals surface area contributed by atoms with Crippen LogP contribution in [0.5, 0.6) is 0 Å². The fraction of sp³-hybridized carbons (Fsp3) is 0.222. The number of halogens is 1. The summed E-state index contributed by atoms with van der Waals surface area (Å²) >= 11 is 1.27. The third kappa shape index (κ3) is 6.21. The van der Waals surface area contributed by atoms with E-state index in [1.54, 1.807) is 42.3 Å². The molecule has 2 rings (SSSR count). The maximum absolute atomic E-state index is 13.7. The van der Waals surface area contributed by atoms with Gasteiger partial charge < -0.3 is 11.1 Å². The van der Waals surface area contributed by atoms with Gasteiger partial charge in [0.2, 0.25) is 11.8 Å². The third-order valence-corrected chi connectivity index (χ3v) is 4.44. The van der Waals surface area contributed by atoms with Gasteiger partial charge in [-0.3, -0.25) is 14.5 Å². The Balaban J connectivity index is 1.93. The lowest BCUT2D eigenvalue weighted by Gasteiger charge is -2.17. The molecule has 0 unspecified atom stereocenters. The third-order valence-electron chi connectivity index (χ3n) is 3.34. The van der Waals surface area contributed by atoms with Crippen LogP contribution in [-0.2, 0) is 16.1 Å². The number of nitrogens with one attached hydrogen (secondary N) is 1. The molecule has 3 N–H and O–H groups in total. The smallest absolute Gasteiger partial charge is 0.238 e. The minimum atomic E-state index is -0.421. The predicted octanol–water partition coefficient (Wildman–Crippen LogP) is 2.47. The maximum Gasteiger partial charge on any atom is 0.238 e. The van der Waals surface area contributed by atoms with E-state index in [2.05, 4.69) is 5.32 Å². The van der Waals surface area contributed by atoms with Gasteiger partial charge in [-0.15, -0.1) is 11.8 Å². The van der Waals surface area contributed by atoms with Crippen molar-refractivity contribution in [1.82, 2.24) is 4.90 Å². The SMILES string of the molecule is CN(CC(=O)Nc1ccccc1SCC(N)=O)Cc1ccccc1F. The highest BCUT2D eigenvalue weighted by molar-refractivity contribution is 8.00. The van der Waals surface area contributed by atoms with E-state index in [4.69, 9.17) is 5.73 Å². The molecular weight excluding hydrogens is 341 g/mol. The number of nitrogens with two attached hydrogens (primary N) is 1. The zero-order valence-corrected chi connectivity index (χ0v) is 14.7. The van der Waals surface area contributed by atoms with Crippen LogP contribution in [0.1, 0.15) is 5.56 Å². The van der Waals surface area contributed by atoms with Gasteiger partial charge in [0, 0.05) is 17.0 Å². The fourth-order valence-electron chi connectivity index (χ4n) is 2.25. The van der Waals surface area contributed by atoms with Crippen molar-refractivity contribution in [3.05, 3.63) is 59.9 Å². The average molecular weight is 361 g/mol. The van der Waals surface area contributed by atoms with Crippen LogP contribution in [0.15, 0.2) is 53.4 Å². The van der Waals surface area contributed by atoms with E-state index in [9.17, 15) is 14.0 Å². The standard InChI is InChI=1S/C18H20FN3O2S/c1-22(10-13-6-2-3-7-14(13)19)11-18(24)21-15-8-4-5-9-16(15)25-12-17(20)23/h2-9H,10-12H2,1H3,(H2,20,23)(H,21,24). The molecule has 0 aliphatic rings. The molecule has 25 heavy (non-hydrogen) atoms. The normalized spacial score (nSPS) is 10.7. The summed E-state index contributed by atoms with van der Waals surface area (Å²) in [5.74, 6) is -0.787. The van der Waals surface area contributed by atoms with Crippen molar-refractivity contribution in [2.75, 3.05) is 24.7 Å². The van der Waals surface area contributed by atoms with Crippen molar-refractivity contribution in [2.45, 2.75) is 11.4 Å². The van der Waals surface area contributed by atoms with Crippen LogP contribution in [0.25, 0.3) is 0 Å². The summed E-state index contributed by atoms with van der Waals surface area (Å²) in [6, 6.07) is 13.7. The lowest BCUT2D eigenvalue weighted by Crippen LogP contribution is -2.30. The number of nitrogens with zero attached hydrogens (tertiary/aromatic N) is 1. The number of para-hydroxylation sites is 1. The summed E-state index contributed by atoms with van der Waals surface area (Å²) in [7, 11) is 1.75. The summed E-state index contributed by atoms with van der Waals surface area (Å²) in [4.78, 5) is 25.7. The molecule has 0 atom stereocenters. The van der Waals surface area contributed by atoms with E-state index in [-0.39, 0.29) is 24.0 Å². The highest BCUT2D eigenvalue weighted by atomic mass is 32.2. The number of anilines is 1. The number of rotatable bonds is 8. The minimum Gasteiger partial charge on any atom is -0.369 e. The molecule has 0 saturated heterocycles. The van der Waals surface area contributed by atoms with Crippen LogP contribution >= 0.6 is 11.8 Å². The number of carbonyl (C=O) groups excluding carboxylic acids is 2. The van der Waals surface area contributed by atoms with Crippen molar-refractivity contribution in [2.24, 2.45) is 5.73 Å². The number of hydrogen-bond donors (Lipinski definition) is 2. The van der Waals surface area contributed by atoms with Crippen molar-refractivity contribution >= 4 is 29.3 Å². The molecule has 0 aliphatic carbocycles. The molecule has 132 valence electrons. The summed E-state index contributed by atoms with van der Waals surface area (Å²) < 4.78 is 13.7. The van der Waals surface area contributed by atoms with Gasteiger partial charge in [0.05, 0.1) is 18.0 Å². The number of amides is 2. The van der Waals surface area contributed by atoms with E-state index < -0.39 is 5.91 Å². The van der Waals surface area contributed by atoms with E-state index >= 15 is 0 Å². The zero-order chi connectivity index (χ0) is 18.2. The molecule has 5 nitrogen and oxygen atoms in total. The molecule has 2 aromatic carbocycles. The first-order chi connectivity index (χ1) is 12.0. The van der Waals surface area contributed by atoms with Crippen LogP contribution in [0.2, 0.25) is 0 Å². The molecule has 0 saturated carbocycles. The monoisotopic (exact) mass is 361 g/mol. The van der Waals surface area contributed by atoms with Crippen molar-refractivity contribution < 1.29 is 14.0 Å². The van der Waals surface area contributed by atoms with Crippen LogP contribution in [-0.4, -0.2) is 36.1 Å². The van der Waals surface area contributed by atoms with Gasteiger partial charge in [-0.1, -0.05) is 30.3 Å². The van der Waals surface area contributed by atoms with Gasteiger partial charge >= 0.3 is 0 Å². The van der Waals surface area contributed by atoms with Crippen LogP contribution in [0.4, 0.5) is 10.1 Å². The Morgan fingerprint density at radius 1 is 1.16 bits per heavy atom. The Hall–Kier alpha value is -2.38. The number of benzene rings is 2. The molecule has 0 aliphatic heterocycles. The number of thioether (sulfide) groups is 1. The Kier molecular flexibility index (Phi) is 6.97. The molecule has 7 heteroatoms. The highest BCUT2D eigenvalue weighted by Crippen LogP contribution is 2.26. The lowest BCUT2D eigenvalue weighted by atomic mass is 10.2.